The lowest BCUT2D eigenvalue weighted by molar-refractivity contribution is 1.19. The van der Waals surface area contributed by atoms with Crippen LogP contribution in [0.15, 0.2) is 23.4 Å². The average molecular weight is 167 g/mol. The van der Waals surface area contributed by atoms with Gasteiger partial charge in [0, 0.05) is 16.8 Å². The number of aromatic nitrogens is 1. The minimum Gasteiger partial charge on any atom is -0.365 e. The summed E-state index contributed by atoms with van der Waals surface area (Å²) in [7, 11) is 0. The summed E-state index contributed by atoms with van der Waals surface area (Å²) in [6, 6.07) is 3.88. The molecular weight excluding hydrogens is 160 g/mol. The number of halogens is 1. The fourth-order valence-electron chi connectivity index (χ4n) is 1.07. The molecule has 0 amide bonds. The third-order valence-electron chi connectivity index (χ3n) is 1.58. The second-order valence-electron chi connectivity index (χ2n) is 2.39. The lowest BCUT2D eigenvalue weighted by Crippen LogP contribution is -2.08. The smallest absolute Gasteiger partial charge is 0.133 e. The number of fused-ring (bicyclic) bond motifs is 1. The van der Waals surface area contributed by atoms with E-state index in [2.05, 4.69) is 10.3 Å². The molecule has 2 nitrogen and oxygen atoms in total. The van der Waals surface area contributed by atoms with Gasteiger partial charge in [-0.25, -0.2) is 4.98 Å². The summed E-state index contributed by atoms with van der Waals surface area (Å²) >= 11 is 5.82. The van der Waals surface area contributed by atoms with E-state index in [4.69, 9.17) is 11.6 Å². The zero-order valence-corrected chi connectivity index (χ0v) is 6.60. The van der Waals surface area contributed by atoms with E-state index in [1.165, 1.54) is 0 Å². The number of hydrogen-bond donors (Lipinski definition) is 1. The molecule has 0 fully saturated rings. The normalized spacial score (nSPS) is 14.8. The molecule has 1 aliphatic heterocycles. The van der Waals surface area contributed by atoms with Crippen LogP contribution in [0.3, 0.4) is 0 Å². The first-order valence-corrected chi connectivity index (χ1v) is 3.79. The molecule has 3 heteroatoms. The van der Waals surface area contributed by atoms with Gasteiger partial charge in [-0.1, -0.05) is 11.6 Å². The van der Waals surface area contributed by atoms with Crippen LogP contribution < -0.4 is 5.32 Å². The Morgan fingerprint density at radius 2 is 2.45 bits per heavy atom. The van der Waals surface area contributed by atoms with Crippen molar-refractivity contribution in [1.82, 2.24) is 4.98 Å². The highest BCUT2D eigenvalue weighted by atomic mass is 35.5. The largest absolute Gasteiger partial charge is 0.365 e. The Morgan fingerprint density at radius 1 is 1.55 bits per heavy atom. The molecular formula is C8H7ClN2. The maximum absolute atomic E-state index is 5.82. The fraction of sp³-hybridized carbons (Fsp3) is 0.125. The molecule has 0 unspecified atom stereocenters. The third-order valence-corrected chi connectivity index (χ3v) is 1.82. The molecule has 0 saturated carbocycles. The number of nitrogens with zero attached hydrogens (tertiary/aromatic N) is 1. The standard InChI is InChI=1S/C8H7ClN2/c9-7-4-6-2-1-3-10-8(6)11-5-7/h1-4H,5H2,(H,10,11). The monoisotopic (exact) mass is 166 g/mol. The van der Waals surface area contributed by atoms with Crippen molar-refractivity contribution in [2.24, 2.45) is 0 Å². The Morgan fingerprint density at radius 3 is 3.36 bits per heavy atom. The first-order chi connectivity index (χ1) is 5.36. The summed E-state index contributed by atoms with van der Waals surface area (Å²) in [5.41, 5.74) is 1.06. The average Bonchev–Trinajstić information content (AvgIpc) is 2.04. The summed E-state index contributed by atoms with van der Waals surface area (Å²) in [5.74, 6) is 0.914. The molecule has 0 radical (unpaired) electrons. The molecule has 1 aliphatic rings. The second kappa shape index (κ2) is 2.55. The molecule has 1 aromatic rings. The van der Waals surface area contributed by atoms with E-state index >= 15 is 0 Å². The van der Waals surface area contributed by atoms with Crippen LogP contribution >= 0.6 is 11.6 Å². The lowest BCUT2D eigenvalue weighted by Gasteiger charge is -2.12. The van der Waals surface area contributed by atoms with Crippen molar-refractivity contribution in [3.05, 3.63) is 28.9 Å². The first-order valence-electron chi connectivity index (χ1n) is 3.41. The van der Waals surface area contributed by atoms with Crippen LogP contribution in [0.5, 0.6) is 0 Å². The van der Waals surface area contributed by atoms with Crippen LogP contribution in [-0.2, 0) is 0 Å². The Kier molecular flexibility index (Phi) is 1.55. The minimum absolute atomic E-state index is 0.686. The molecule has 0 aliphatic carbocycles. The van der Waals surface area contributed by atoms with Crippen LogP contribution in [0.2, 0.25) is 0 Å². The van der Waals surface area contributed by atoms with Gasteiger partial charge in [-0.3, -0.25) is 0 Å². The molecule has 1 N–H and O–H groups in total. The highest BCUT2D eigenvalue weighted by Gasteiger charge is 2.06. The molecule has 0 atom stereocenters. The highest BCUT2D eigenvalue weighted by Crippen LogP contribution is 2.21. The minimum atomic E-state index is 0.686. The predicted molar refractivity (Wildman–Crippen MR) is 46.6 cm³/mol. The number of hydrogen-bond acceptors (Lipinski definition) is 2. The van der Waals surface area contributed by atoms with Gasteiger partial charge in [0.15, 0.2) is 0 Å². The second-order valence-corrected chi connectivity index (χ2v) is 2.87. The van der Waals surface area contributed by atoms with Gasteiger partial charge >= 0.3 is 0 Å². The van der Waals surface area contributed by atoms with Crippen molar-refractivity contribution >= 4 is 23.5 Å². The summed E-state index contributed by atoms with van der Waals surface area (Å²) in [5, 5.41) is 3.93. The maximum Gasteiger partial charge on any atom is 0.133 e. The number of pyridine rings is 1. The molecule has 0 saturated heterocycles. The summed E-state index contributed by atoms with van der Waals surface area (Å²) < 4.78 is 0. The van der Waals surface area contributed by atoms with Gasteiger partial charge in [-0.15, -0.1) is 0 Å². The van der Waals surface area contributed by atoms with E-state index in [1.807, 2.05) is 18.2 Å². The van der Waals surface area contributed by atoms with Crippen molar-refractivity contribution in [3.8, 4) is 0 Å². The van der Waals surface area contributed by atoms with Crippen LogP contribution in [-0.4, -0.2) is 11.5 Å². The first kappa shape index (κ1) is 6.68. The van der Waals surface area contributed by atoms with Crippen LogP contribution in [0, 0.1) is 0 Å². The Balaban J connectivity index is 2.51. The van der Waals surface area contributed by atoms with Gasteiger partial charge in [-0.05, 0) is 18.2 Å². The van der Waals surface area contributed by atoms with Crippen molar-refractivity contribution < 1.29 is 0 Å². The summed E-state index contributed by atoms with van der Waals surface area (Å²) in [4.78, 5) is 4.14. The fourth-order valence-corrected chi connectivity index (χ4v) is 1.25. The highest BCUT2D eigenvalue weighted by molar-refractivity contribution is 6.32. The van der Waals surface area contributed by atoms with Crippen LogP contribution in [0.25, 0.3) is 6.08 Å². The number of nitrogens with one attached hydrogen (secondary N) is 1. The van der Waals surface area contributed by atoms with E-state index in [-0.39, 0.29) is 0 Å². The van der Waals surface area contributed by atoms with Gasteiger partial charge in [-0.2, -0.15) is 0 Å². The molecule has 56 valence electrons. The van der Waals surface area contributed by atoms with Gasteiger partial charge in [0.2, 0.25) is 0 Å². The zero-order chi connectivity index (χ0) is 7.68. The zero-order valence-electron chi connectivity index (χ0n) is 5.84. The van der Waals surface area contributed by atoms with Gasteiger partial charge in [0.05, 0.1) is 6.54 Å². The van der Waals surface area contributed by atoms with Gasteiger partial charge < -0.3 is 5.32 Å². The molecule has 1 aromatic heterocycles. The van der Waals surface area contributed by atoms with Crippen molar-refractivity contribution in [2.45, 2.75) is 0 Å². The predicted octanol–water partition coefficient (Wildman–Crippen LogP) is 2.09. The van der Waals surface area contributed by atoms with Crippen LogP contribution in [0.1, 0.15) is 5.56 Å². The van der Waals surface area contributed by atoms with E-state index < -0.39 is 0 Å². The Bertz CT molecular complexity index is 307. The van der Waals surface area contributed by atoms with Crippen molar-refractivity contribution in [1.29, 1.82) is 0 Å². The molecule has 0 bridgehead atoms. The quantitative estimate of drug-likeness (QED) is 0.639. The topological polar surface area (TPSA) is 24.9 Å². The molecule has 11 heavy (non-hydrogen) atoms. The Hall–Kier alpha value is -1.02. The molecule has 0 spiro atoms. The SMILES string of the molecule is ClC1=Cc2cccnc2NC1. The third kappa shape index (κ3) is 1.21. The van der Waals surface area contributed by atoms with Gasteiger partial charge in [0.25, 0.3) is 0 Å². The van der Waals surface area contributed by atoms with E-state index in [9.17, 15) is 0 Å². The molecule has 2 rings (SSSR count). The maximum atomic E-state index is 5.82. The van der Waals surface area contributed by atoms with E-state index in [0.29, 0.717) is 6.54 Å². The van der Waals surface area contributed by atoms with Crippen molar-refractivity contribution in [3.63, 3.8) is 0 Å². The van der Waals surface area contributed by atoms with Crippen LogP contribution in [0.4, 0.5) is 5.82 Å². The summed E-state index contributed by atoms with van der Waals surface area (Å²) in [6.07, 6.45) is 3.69. The van der Waals surface area contributed by atoms with Gasteiger partial charge in [0.1, 0.15) is 5.82 Å². The van der Waals surface area contributed by atoms with E-state index in [0.717, 1.165) is 16.4 Å². The summed E-state index contributed by atoms with van der Waals surface area (Å²) in [6.45, 7) is 0.686. The van der Waals surface area contributed by atoms with E-state index in [1.54, 1.807) is 6.20 Å². The Labute approximate surface area is 69.9 Å². The number of rotatable bonds is 0. The van der Waals surface area contributed by atoms with Crippen molar-refractivity contribution in [2.75, 3.05) is 11.9 Å². The molecule has 0 aromatic carbocycles. The molecule has 2 heterocycles. The number of anilines is 1. The lowest BCUT2D eigenvalue weighted by atomic mass is 10.2.